The summed E-state index contributed by atoms with van der Waals surface area (Å²) in [5, 5.41) is 31.2. The second-order valence-electron chi connectivity index (χ2n) is 13.3. The van der Waals surface area contributed by atoms with E-state index in [-0.39, 0.29) is 17.4 Å². The second-order valence-corrected chi connectivity index (χ2v) is 13.3. The molecule has 3 heterocycles. The summed E-state index contributed by atoms with van der Waals surface area (Å²) in [6.45, 7) is 8.90. The smallest absolute Gasteiger partial charge is 0.220 e. The number of likely N-dealkylation sites (tertiary alicyclic amines) is 2. The van der Waals surface area contributed by atoms with Gasteiger partial charge in [-0.3, -0.25) is 4.79 Å². The number of nitrogens with two attached hydrogens (primary N) is 2. The van der Waals surface area contributed by atoms with Crippen LogP contribution in [0.4, 0.5) is 0 Å². The highest BCUT2D eigenvalue weighted by atomic mass is 16.6. The molecule has 0 radical (unpaired) electrons. The molecule has 9 nitrogen and oxygen atoms in total. The summed E-state index contributed by atoms with van der Waals surface area (Å²) >= 11 is 0. The Bertz CT molecular complexity index is 738. The maximum absolute atomic E-state index is 11.1. The maximum atomic E-state index is 11.1. The lowest BCUT2D eigenvalue weighted by Gasteiger charge is -2.43. The van der Waals surface area contributed by atoms with Gasteiger partial charge in [0.1, 0.15) is 0 Å². The Morgan fingerprint density at radius 3 is 1.65 bits per heavy atom. The predicted molar refractivity (Wildman–Crippen MR) is 143 cm³/mol. The van der Waals surface area contributed by atoms with E-state index in [0.717, 1.165) is 117 Å². The lowest BCUT2D eigenvalue weighted by molar-refractivity contribution is -0.123. The van der Waals surface area contributed by atoms with Crippen LogP contribution in [0.25, 0.3) is 0 Å². The lowest BCUT2D eigenvalue weighted by atomic mass is 9.76. The third-order valence-electron chi connectivity index (χ3n) is 9.97. The van der Waals surface area contributed by atoms with E-state index >= 15 is 0 Å². The largest absolute Gasteiger partial charge is 0.390 e. The Kier molecular flexibility index (Phi) is 9.26. The summed E-state index contributed by atoms with van der Waals surface area (Å²) in [6, 6.07) is 0. The Morgan fingerprint density at radius 2 is 1.24 bits per heavy atom. The number of epoxide rings is 1. The molecule has 0 atom stereocenters. The standard InChI is InChI=1S/C14H24N2O3.C14H28N2O2/c15-12(17)11-1-7-16(8-2-11)9-13(18)3-5-14(6-4-13)10-19-14;1-13(17)4-6-14(18,7-5-13)11-16-8-2-12(10-15)3-9-16/h11,18H,1-10H2,(H2,15,17);12,17-18H,2-11,15H2,1H3. The van der Waals surface area contributed by atoms with Gasteiger partial charge in [0, 0.05) is 19.0 Å². The van der Waals surface area contributed by atoms with Crippen molar-refractivity contribution in [3.8, 4) is 0 Å². The molecule has 0 aromatic rings. The fourth-order valence-corrected chi connectivity index (χ4v) is 6.72. The number of nitrogens with zero attached hydrogens (tertiary/aromatic N) is 2. The molecule has 37 heavy (non-hydrogen) atoms. The quantitative estimate of drug-likeness (QED) is 0.323. The molecule has 0 bridgehead atoms. The van der Waals surface area contributed by atoms with Crippen molar-refractivity contribution in [2.75, 3.05) is 52.4 Å². The molecule has 3 aliphatic heterocycles. The minimum absolute atomic E-state index is 0.0281. The van der Waals surface area contributed by atoms with Crippen LogP contribution in [0.2, 0.25) is 0 Å². The van der Waals surface area contributed by atoms with Crippen molar-refractivity contribution in [1.82, 2.24) is 9.80 Å². The van der Waals surface area contributed by atoms with Crippen molar-refractivity contribution in [3.63, 3.8) is 0 Å². The van der Waals surface area contributed by atoms with Gasteiger partial charge >= 0.3 is 0 Å². The zero-order chi connectivity index (χ0) is 26.7. The molecule has 0 unspecified atom stereocenters. The molecular weight excluding hydrogens is 472 g/mol. The van der Waals surface area contributed by atoms with Gasteiger partial charge in [0.25, 0.3) is 0 Å². The van der Waals surface area contributed by atoms with Gasteiger partial charge in [-0.05, 0) is 123 Å². The number of aliphatic hydroxyl groups is 3. The molecule has 7 N–H and O–H groups in total. The van der Waals surface area contributed by atoms with E-state index in [2.05, 4.69) is 9.80 Å². The lowest BCUT2D eigenvalue weighted by Crippen LogP contribution is -2.50. The number of β-amino-alcohol motifs (C(OH)–C–C–N with tert-alkyl or cyclic N) is 2. The van der Waals surface area contributed by atoms with Crippen LogP contribution in [-0.2, 0) is 9.53 Å². The van der Waals surface area contributed by atoms with Gasteiger partial charge in [0.15, 0.2) is 0 Å². The molecule has 5 aliphatic rings. The van der Waals surface area contributed by atoms with Crippen LogP contribution >= 0.6 is 0 Å². The van der Waals surface area contributed by atoms with Crippen molar-refractivity contribution >= 4 is 5.91 Å². The fourth-order valence-electron chi connectivity index (χ4n) is 6.72. The van der Waals surface area contributed by atoms with Gasteiger partial charge in [0.2, 0.25) is 5.91 Å². The van der Waals surface area contributed by atoms with Crippen LogP contribution in [0.5, 0.6) is 0 Å². The topological polar surface area (TPSA) is 149 Å². The highest BCUT2D eigenvalue weighted by molar-refractivity contribution is 5.76. The summed E-state index contributed by atoms with van der Waals surface area (Å²) in [7, 11) is 0. The molecule has 0 aromatic heterocycles. The van der Waals surface area contributed by atoms with E-state index in [9.17, 15) is 20.1 Å². The molecule has 9 heteroatoms. The third-order valence-corrected chi connectivity index (χ3v) is 9.97. The molecule has 5 rings (SSSR count). The van der Waals surface area contributed by atoms with Crippen LogP contribution < -0.4 is 11.5 Å². The zero-order valence-corrected chi connectivity index (χ0v) is 23.0. The fraction of sp³-hybridized carbons (Fsp3) is 0.964. The molecule has 0 aromatic carbocycles. The normalized spacial score (nSPS) is 40.2. The number of ether oxygens (including phenoxy) is 1. The average molecular weight is 525 g/mol. The molecule has 1 amide bonds. The number of primary amides is 1. The Labute approximate surface area is 222 Å². The van der Waals surface area contributed by atoms with Gasteiger partial charge in [-0.15, -0.1) is 0 Å². The Morgan fingerprint density at radius 1 is 0.811 bits per heavy atom. The van der Waals surface area contributed by atoms with Gasteiger partial charge < -0.3 is 41.3 Å². The summed E-state index contributed by atoms with van der Waals surface area (Å²) in [5.41, 5.74) is 9.45. The summed E-state index contributed by atoms with van der Waals surface area (Å²) < 4.78 is 5.48. The predicted octanol–water partition coefficient (Wildman–Crippen LogP) is 0.971. The SMILES string of the molecule is CC1(O)CCC(O)(CN2CCC(CN)CC2)CC1.NC(=O)C1CCN(CC2(O)CCC3(CC2)CO3)CC1. The summed E-state index contributed by atoms with van der Waals surface area (Å²) in [5.74, 6) is 0.521. The Balaban J connectivity index is 0.000000173. The monoisotopic (exact) mass is 524 g/mol. The van der Waals surface area contributed by atoms with Crippen molar-refractivity contribution in [2.24, 2.45) is 23.3 Å². The summed E-state index contributed by atoms with van der Waals surface area (Å²) in [4.78, 5) is 15.8. The van der Waals surface area contributed by atoms with Gasteiger partial charge in [-0.2, -0.15) is 0 Å². The number of piperidine rings is 2. The summed E-state index contributed by atoms with van der Waals surface area (Å²) in [6.07, 6.45) is 10.5. The molecular formula is C28H52N4O5. The van der Waals surface area contributed by atoms with Crippen molar-refractivity contribution < 1.29 is 24.9 Å². The Hall–Kier alpha value is -0.810. The zero-order valence-electron chi connectivity index (χ0n) is 23.0. The highest BCUT2D eigenvalue weighted by Gasteiger charge is 2.51. The number of hydrogen-bond donors (Lipinski definition) is 5. The van der Waals surface area contributed by atoms with Crippen LogP contribution in [0, 0.1) is 11.8 Å². The van der Waals surface area contributed by atoms with E-state index < -0.39 is 16.8 Å². The first kappa shape index (κ1) is 29.2. The molecule has 5 fully saturated rings. The first-order valence-electron chi connectivity index (χ1n) is 14.7. The van der Waals surface area contributed by atoms with E-state index in [1.165, 1.54) is 0 Å². The molecule has 1 spiro atoms. The van der Waals surface area contributed by atoms with E-state index in [1.807, 2.05) is 6.92 Å². The van der Waals surface area contributed by atoms with E-state index in [4.69, 9.17) is 16.2 Å². The van der Waals surface area contributed by atoms with Gasteiger partial charge in [-0.1, -0.05) is 0 Å². The average Bonchev–Trinajstić information content (AvgIpc) is 3.64. The van der Waals surface area contributed by atoms with Gasteiger partial charge in [-0.25, -0.2) is 0 Å². The highest BCUT2D eigenvalue weighted by Crippen LogP contribution is 2.45. The van der Waals surface area contributed by atoms with E-state index in [0.29, 0.717) is 18.8 Å². The van der Waals surface area contributed by atoms with Crippen molar-refractivity contribution in [1.29, 1.82) is 0 Å². The molecule has 2 aliphatic carbocycles. The second kappa shape index (κ2) is 11.7. The van der Waals surface area contributed by atoms with Crippen LogP contribution in [-0.4, -0.2) is 106 Å². The molecule has 214 valence electrons. The number of amides is 1. The first-order valence-corrected chi connectivity index (χ1v) is 14.7. The number of hydrogen-bond acceptors (Lipinski definition) is 8. The molecule has 3 saturated heterocycles. The number of carbonyl (C=O) groups excluding carboxylic acids is 1. The number of rotatable bonds is 6. The van der Waals surface area contributed by atoms with Crippen molar-refractivity contribution in [3.05, 3.63) is 0 Å². The minimum atomic E-state index is -0.586. The van der Waals surface area contributed by atoms with Gasteiger partial charge in [0.05, 0.1) is 29.0 Å². The first-order chi connectivity index (χ1) is 17.4. The molecule has 2 saturated carbocycles. The third kappa shape index (κ3) is 8.34. The minimum Gasteiger partial charge on any atom is -0.390 e. The van der Waals surface area contributed by atoms with Crippen molar-refractivity contribution in [2.45, 2.75) is 106 Å². The van der Waals surface area contributed by atoms with Crippen LogP contribution in [0.15, 0.2) is 0 Å². The van der Waals surface area contributed by atoms with Crippen LogP contribution in [0.3, 0.4) is 0 Å². The number of carbonyl (C=O) groups is 1. The van der Waals surface area contributed by atoms with E-state index in [1.54, 1.807) is 0 Å². The van der Waals surface area contributed by atoms with Crippen LogP contribution in [0.1, 0.15) is 84.0 Å². The maximum Gasteiger partial charge on any atom is 0.220 e.